The molecule has 0 aliphatic heterocycles. The number of aromatic amines is 1. The molecular formula is C11H13FN2O4. The molecule has 0 saturated heterocycles. The quantitative estimate of drug-likeness (QED) is 0.592. The Bertz CT molecular complexity index is 604. The number of H-pyrrole nitrogens is 1. The Kier molecular flexibility index (Phi) is 3.18. The topological polar surface area (TPSA) is 95.3 Å². The molecule has 98 valence electrons. The van der Waals surface area contributed by atoms with Crippen molar-refractivity contribution in [1.29, 1.82) is 0 Å². The van der Waals surface area contributed by atoms with Gasteiger partial charge >= 0.3 is 5.69 Å². The van der Waals surface area contributed by atoms with Gasteiger partial charge in [-0.15, -0.1) is 0 Å². The molecule has 0 fully saturated rings. The second kappa shape index (κ2) is 4.51. The van der Waals surface area contributed by atoms with Crippen molar-refractivity contribution in [3.63, 3.8) is 0 Å². The van der Waals surface area contributed by atoms with E-state index in [2.05, 4.69) is 4.98 Å². The number of aromatic nitrogens is 2. The van der Waals surface area contributed by atoms with Crippen LogP contribution in [0.1, 0.15) is 11.6 Å². The van der Waals surface area contributed by atoms with Crippen LogP contribution in [-0.2, 0) is 0 Å². The molecule has 0 amide bonds. The van der Waals surface area contributed by atoms with E-state index >= 15 is 0 Å². The molecule has 0 spiro atoms. The Labute approximate surface area is 101 Å². The SMILES string of the molecule is Cc1cn([C@@H]2C=C(CO)[C@H](O)C2F)c(=O)[nH]c1=O. The van der Waals surface area contributed by atoms with Gasteiger partial charge in [0, 0.05) is 11.8 Å². The molecule has 7 heteroatoms. The molecule has 2 rings (SSSR count). The minimum atomic E-state index is -1.73. The van der Waals surface area contributed by atoms with Gasteiger partial charge in [0.25, 0.3) is 5.56 Å². The normalized spacial score (nSPS) is 27.3. The van der Waals surface area contributed by atoms with Crippen LogP contribution in [0.2, 0.25) is 0 Å². The van der Waals surface area contributed by atoms with Crippen LogP contribution in [-0.4, -0.2) is 38.6 Å². The first-order valence-electron chi connectivity index (χ1n) is 5.41. The van der Waals surface area contributed by atoms with Crippen LogP contribution in [0.5, 0.6) is 0 Å². The Morgan fingerprint density at radius 3 is 2.72 bits per heavy atom. The molecule has 1 unspecified atom stereocenters. The highest BCUT2D eigenvalue weighted by molar-refractivity contribution is 5.23. The highest BCUT2D eigenvalue weighted by atomic mass is 19.1. The average molecular weight is 256 g/mol. The number of alkyl halides is 1. The largest absolute Gasteiger partial charge is 0.392 e. The summed E-state index contributed by atoms with van der Waals surface area (Å²) in [7, 11) is 0. The highest BCUT2D eigenvalue weighted by Crippen LogP contribution is 2.30. The van der Waals surface area contributed by atoms with Gasteiger partial charge in [0.15, 0.2) is 6.17 Å². The number of rotatable bonds is 2. The highest BCUT2D eigenvalue weighted by Gasteiger charge is 2.37. The standard InChI is InChI=1S/C11H13FN2O4/c1-5-3-14(11(18)13-10(5)17)7-2-6(4-15)9(16)8(7)12/h2-3,7-9,15-16H,4H2,1H3,(H,13,17,18)/t7-,8?,9+/m1/s1. The zero-order valence-corrected chi connectivity index (χ0v) is 9.63. The van der Waals surface area contributed by atoms with Crippen LogP contribution < -0.4 is 11.2 Å². The third-order valence-electron chi connectivity index (χ3n) is 3.04. The number of aliphatic hydroxyl groups excluding tert-OH is 2. The Morgan fingerprint density at radius 1 is 1.50 bits per heavy atom. The lowest BCUT2D eigenvalue weighted by Crippen LogP contribution is -2.36. The lowest BCUT2D eigenvalue weighted by molar-refractivity contribution is 0.0899. The fourth-order valence-electron chi connectivity index (χ4n) is 1.99. The fourth-order valence-corrected chi connectivity index (χ4v) is 1.99. The van der Waals surface area contributed by atoms with Gasteiger partial charge in [0.05, 0.1) is 12.6 Å². The lowest BCUT2D eigenvalue weighted by atomic mass is 10.1. The van der Waals surface area contributed by atoms with Crippen LogP contribution in [0.25, 0.3) is 0 Å². The molecule has 6 nitrogen and oxygen atoms in total. The average Bonchev–Trinajstić information content (AvgIpc) is 2.61. The van der Waals surface area contributed by atoms with E-state index < -0.39 is 36.2 Å². The summed E-state index contributed by atoms with van der Waals surface area (Å²) in [5.41, 5.74) is -0.886. The van der Waals surface area contributed by atoms with Crippen molar-refractivity contribution in [2.24, 2.45) is 0 Å². The second-order valence-corrected chi connectivity index (χ2v) is 4.26. The van der Waals surface area contributed by atoms with E-state index in [9.17, 15) is 19.1 Å². The molecular weight excluding hydrogens is 243 g/mol. The molecule has 0 bridgehead atoms. The lowest BCUT2D eigenvalue weighted by Gasteiger charge is -2.17. The monoisotopic (exact) mass is 256 g/mol. The van der Waals surface area contributed by atoms with Gasteiger partial charge in [-0.05, 0) is 12.5 Å². The van der Waals surface area contributed by atoms with Gasteiger partial charge in [-0.2, -0.15) is 0 Å². The van der Waals surface area contributed by atoms with Crippen molar-refractivity contribution in [2.45, 2.75) is 25.2 Å². The number of aryl methyl sites for hydroxylation is 1. The zero-order chi connectivity index (χ0) is 13.4. The van der Waals surface area contributed by atoms with Crippen molar-refractivity contribution in [1.82, 2.24) is 9.55 Å². The minimum Gasteiger partial charge on any atom is -0.392 e. The smallest absolute Gasteiger partial charge is 0.328 e. The van der Waals surface area contributed by atoms with Crippen molar-refractivity contribution in [2.75, 3.05) is 6.61 Å². The maximum atomic E-state index is 13.9. The molecule has 1 aromatic heterocycles. The van der Waals surface area contributed by atoms with Gasteiger partial charge < -0.3 is 10.2 Å². The number of aliphatic hydroxyl groups is 2. The molecule has 3 atom stereocenters. The summed E-state index contributed by atoms with van der Waals surface area (Å²) in [4.78, 5) is 24.9. The number of hydrogen-bond acceptors (Lipinski definition) is 4. The van der Waals surface area contributed by atoms with Crippen LogP contribution in [0.4, 0.5) is 4.39 Å². The maximum Gasteiger partial charge on any atom is 0.328 e. The summed E-state index contributed by atoms with van der Waals surface area (Å²) >= 11 is 0. The van der Waals surface area contributed by atoms with Crippen LogP contribution in [0.3, 0.4) is 0 Å². The first-order valence-corrected chi connectivity index (χ1v) is 5.41. The number of hydrogen-bond donors (Lipinski definition) is 3. The first-order chi connectivity index (χ1) is 8.45. The summed E-state index contributed by atoms with van der Waals surface area (Å²) in [6, 6.07) is -1.02. The summed E-state index contributed by atoms with van der Waals surface area (Å²) in [5, 5.41) is 18.5. The summed E-state index contributed by atoms with van der Waals surface area (Å²) in [5.74, 6) is 0. The van der Waals surface area contributed by atoms with Crippen LogP contribution in [0, 0.1) is 6.92 Å². The Hall–Kier alpha value is -1.73. The van der Waals surface area contributed by atoms with Gasteiger partial charge in [0.2, 0.25) is 0 Å². The van der Waals surface area contributed by atoms with Gasteiger partial charge in [-0.1, -0.05) is 6.08 Å². The Balaban J connectivity index is 2.51. The zero-order valence-electron chi connectivity index (χ0n) is 9.63. The van der Waals surface area contributed by atoms with Crippen LogP contribution in [0.15, 0.2) is 27.4 Å². The summed E-state index contributed by atoms with van der Waals surface area (Å²) < 4.78 is 14.9. The predicted octanol–water partition coefficient (Wildman–Crippen LogP) is -0.983. The van der Waals surface area contributed by atoms with Crippen molar-refractivity contribution < 1.29 is 14.6 Å². The van der Waals surface area contributed by atoms with E-state index in [0.29, 0.717) is 0 Å². The molecule has 1 aliphatic rings. The maximum absolute atomic E-state index is 13.9. The third kappa shape index (κ3) is 1.91. The number of allylic oxidation sites excluding steroid dienone is 1. The second-order valence-electron chi connectivity index (χ2n) is 4.26. The van der Waals surface area contributed by atoms with Gasteiger partial charge in [0.1, 0.15) is 6.10 Å². The van der Waals surface area contributed by atoms with E-state index in [4.69, 9.17) is 5.11 Å². The number of nitrogens with zero attached hydrogens (tertiary/aromatic N) is 1. The molecule has 18 heavy (non-hydrogen) atoms. The minimum absolute atomic E-state index is 0.128. The van der Waals surface area contributed by atoms with E-state index in [1.54, 1.807) is 0 Å². The number of halogens is 1. The van der Waals surface area contributed by atoms with E-state index in [0.717, 1.165) is 4.57 Å². The molecule has 1 aromatic rings. The van der Waals surface area contributed by atoms with Crippen molar-refractivity contribution >= 4 is 0 Å². The van der Waals surface area contributed by atoms with Crippen LogP contribution >= 0.6 is 0 Å². The fraction of sp³-hybridized carbons (Fsp3) is 0.455. The molecule has 3 N–H and O–H groups in total. The van der Waals surface area contributed by atoms with E-state index in [-0.39, 0.29) is 11.1 Å². The Morgan fingerprint density at radius 2 is 2.17 bits per heavy atom. The van der Waals surface area contributed by atoms with E-state index in [1.165, 1.54) is 19.2 Å². The molecule has 1 aliphatic carbocycles. The molecule has 1 heterocycles. The van der Waals surface area contributed by atoms with Gasteiger partial charge in [-0.25, -0.2) is 9.18 Å². The first kappa shape index (κ1) is 12.7. The van der Waals surface area contributed by atoms with Crippen molar-refractivity contribution in [3.05, 3.63) is 44.2 Å². The molecule has 0 radical (unpaired) electrons. The summed E-state index contributed by atoms with van der Waals surface area (Å²) in [6.45, 7) is 1.01. The molecule has 0 saturated carbocycles. The number of nitrogens with one attached hydrogen (secondary N) is 1. The van der Waals surface area contributed by atoms with E-state index in [1.807, 2.05) is 0 Å². The molecule has 0 aromatic carbocycles. The van der Waals surface area contributed by atoms with Gasteiger partial charge in [-0.3, -0.25) is 14.3 Å². The predicted molar refractivity (Wildman–Crippen MR) is 61.2 cm³/mol. The third-order valence-corrected chi connectivity index (χ3v) is 3.04. The van der Waals surface area contributed by atoms with Crippen molar-refractivity contribution in [3.8, 4) is 0 Å². The summed E-state index contributed by atoms with van der Waals surface area (Å²) in [6.07, 6.45) is -0.620.